The number of nitrogens with zero attached hydrogens (tertiary/aromatic N) is 5. The van der Waals surface area contributed by atoms with Crippen molar-refractivity contribution < 1.29 is 14.0 Å². The Morgan fingerprint density at radius 2 is 1.71 bits per heavy atom. The second kappa shape index (κ2) is 10.3. The second-order valence-corrected chi connectivity index (χ2v) is 10.7. The van der Waals surface area contributed by atoms with E-state index < -0.39 is 5.41 Å². The van der Waals surface area contributed by atoms with Gasteiger partial charge in [-0.15, -0.1) is 0 Å². The van der Waals surface area contributed by atoms with Crippen molar-refractivity contribution >= 4 is 23.3 Å². The number of pyridine rings is 1. The molecule has 0 bridgehead atoms. The third-order valence-corrected chi connectivity index (χ3v) is 6.85. The molecule has 8 heteroatoms. The van der Waals surface area contributed by atoms with Crippen LogP contribution in [0.1, 0.15) is 32.8 Å². The number of halogens is 1. The fraction of sp³-hybridized carbons (Fsp3) is 0.519. The lowest BCUT2D eigenvalue weighted by Gasteiger charge is -2.33. The molecule has 0 aliphatic carbocycles. The van der Waals surface area contributed by atoms with Gasteiger partial charge in [-0.25, -0.2) is 9.37 Å². The molecule has 2 aromatic rings. The van der Waals surface area contributed by atoms with Crippen LogP contribution >= 0.6 is 0 Å². The summed E-state index contributed by atoms with van der Waals surface area (Å²) >= 11 is 0. The Kier molecular flexibility index (Phi) is 7.40. The summed E-state index contributed by atoms with van der Waals surface area (Å²) in [6, 6.07) is 10.0. The van der Waals surface area contributed by atoms with Gasteiger partial charge in [0.1, 0.15) is 11.6 Å². The van der Waals surface area contributed by atoms with Crippen molar-refractivity contribution in [2.24, 2.45) is 11.3 Å². The fourth-order valence-corrected chi connectivity index (χ4v) is 4.67. The smallest absolute Gasteiger partial charge is 0.232 e. The zero-order chi connectivity index (χ0) is 25.2. The predicted molar refractivity (Wildman–Crippen MR) is 136 cm³/mol. The highest BCUT2D eigenvalue weighted by atomic mass is 19.1. The van der Waals surface area contributed by atoms with Gasteiger partial charge in [-0.05, 0) is 49.4 Å². The van der Waals surface area contributed by atoms with E-state index in [9.17, 15) is 14.0 Å². The molecular formula is C27H36FN5O2. The van der Waals surface area contributed by atoms with Crippen molar-refractivity contribution in [2.45, 2.75) is 33.7 Å². The van der Waals surface area contributed by atoms with Crippen LogP contribution in [0.4, 0.5) is 15.9 Å². The Morgan fingerprint density at radius 1 is 1.03 bits per heavy atom. The lowest BCUT2D eigenvalue weighted by Crippen LogP contribution is -2.44. The summed E-state index contributed by atoms with van der Waals surface area (Å²) in [5, 5.41) is 0. The number of likely N-dealkylation sites (tertiary alicyclic amines) is 1. The van der Waals surface area contributed by atoms with Crippen molar-refractivity contribution in [1.29, 1.82) is 0 Å². The van der Waals surface area contributed by atoms with Gasteiger partial charge < -0.3 is 19.6 Å². The van der Waals surface area contributed by atoms with Gasteiger partial charge >= 0.3 is 0 Å². The van der Waals surface area contributed by atoms with Crippen LogP contribution in [0.15, 0.2) is 42.6 Å². The quantitative estimate of drug-likeness (QED) is 0.655. The zero-order valence-electron chi connectivity index (χ0n) is 21.2. The van der Waals surface area contributed by atoms with Crippen LogP contribution in [0.25, 0.3) is 0 Å². The molecule has 188 valence electrons. The summed E-state index contributed by atoms with van der Waals surface area (Å²) < 4.78 is 13.6. The van der Waals surface area contributed by atoms with Crippen molar-refractivity contribution in [1.82, 2.24) is 14.8 Å². The number of piperazine rings is 1. The summed E-state index contributed by atoms with van der Waals surface area (Å²) in [6.45, 7) is 10.9. The minimum Gasteiger partial charge on any atom is -0.354 e. The minimum absolute atomic E-state index is 0.0519. The number of aromatic nitrogens is 1. The number of likely N-dealkylation sites (N-methyl/N-ethyl adjacent to an activating group) is 1. The van der Waals surface area contributed by atoms with E-state index in [0.717, 1.165) is 37.6 Å². The summed E-state index contributed by atoms with van der Waals surface area (Å²) in [7, 11) is 2.12. The number of hydrogen-bond acceptors (Lipinski definition) is 5. The van der Waals surface area contributed by atoms with Gasteiger partial charge in [0.25, 0.3) is 0 Å². The lowest BCUT2D eigenvalue weighted by atomic mass is 9.95. The molecule has 0 N–H and O–H groups in total. The molecule has 2 amide bonds. The number of amides is 2. The highest BCUT2D eigenvalue weighted by Gasteiger charge is 2.37. The summed E-state index contributed by atoms with van der Waals surface area (Å²) in [5.74, 6) is 0.313. The maximum Gasteiger partial charge on any atom is 0.232 e. The standard InChI is InChI=1S/C27H36FN5O2/c1-27(2,3)26(35)32-12-11-21(19-32)25(34)33(23-8-6-22(28)7-9-23)18-20-5-10-24(29-17-20)31-15-13-30(4)14-16-31/h5-10,17,21H,11-16,18-19H2,1-4H3. The van der Waals surface area contributed by atoms with E-state index in [-0.39, 0.29) is 23.5 Å². The average molecular weight is 482 g/mol. The van der Waals surface area contributed by atoms with E-state index in [4.69, 9.17) is 0 Å². The molecule has 1 aromatic carbocycles. The van der Waals surface area contributed by atoms with Crippen LogP contribution in [0.3, 0.4) is 0 Å². The van der Waals surface area contributed by atoms with Crippen LogP contribution in [-0.4, -0.2) is 72.9 Å². The largest absolute Gasteiger partial charge is 0.354 e. The number of anilines is 2. The Balaban J connectivity index is 1.50. The first-order valence-corrected chi connectivity index (χ1v) is 12.4. The Labute approximate surface area is 207 Å². The Bertz CT molecular complexity index is 1030. The maximum absolute atomic E-state index is 13.7. The van der Waals surface area contributed by atoms with Crippen LogP contribution in [0, 0.1) is 17.2 Å². The molecule has 2 fully saturated rings. The molecule has 0 saturated carbocycles. The number of carbonyl (C=O) groups is 2. The molecule has 1 aromatic heterocycles. The lowest BCUT2D eigenvalue weighted by molar-refractivity contribution is -0.138. The molecule has 0 radical (unpaired) electrons. The molecule has 2 saturated heterocycles. The van der Waals surface area contributed by atoms with Crippen LogP contribution in [0.2, 0.25) is 0 Å². The van der Waals surface area contributed by atoms with E-state index >= 15 is 0 Å². The van der Waals surface area contributed by atoms with Gasteiger partial charge in [0.15, 0.2) is 0 Å². The SMILES string of the molecule is CN1CCN(c2ccc(CN(C(=O)C3CCN(C(=O)C(C)(C)C)C3)c3ccc(F)cc3)cn2)CC1. The zero-order valence-corrected chi connectivity index (χ0v) is 21.2. The first-order chi connectivity index (χ1) is 16.6. The number of benzene rings is 1. The number of hydrogen-bond donors (Lipinski definition) is 0. The van der Waals surface area contributed by atoms with Gasteiger partial charge in [0.2, 0.25) is 11.8 Å². The molecule has 7 nitrogen and oxygen atoms in total. The van der Waals surface area contributed by atoms with Gasteiger partial charge in [-0.1, -0.05) is 26.8 Å². The summed E-state index contributed by atoms with van der Waals surface area (Å²) in [5.41, 5.74) is 1.06. The summed E-state index contributed by atoms with van der Waals surface area (Å²) in [4.78, 5) is 39.1. The topological polar surface area (TPSA) is 60.0 Å². The van der Waals surface area contributed by atoms with E-state index in [0.29, 0.717) is 31.7 Å². The van der Waals surface area contributed by atoms with Crippen molar-refractivity contribution in [3.05, 3.63) is 54.0 Å². The first kappa shape index (κ1) is 25.1. The van der Waals surface area contributed by atoms with Gasteiger partial charge in [-0.2, -0.15) is 0 Å². The van der Waals surface area contributed by atoms with E-state index in [1.54, 1.807) is 21.9 Å². The van der Waals surface area contributed by atoms with Gasteiger partial charge in [0.05, 0.1) is 12.5 Å². The first-order valence-electron chi connectivity index (χ1n) is 12.4. The second-order valence-electron chi connectivity index (χ2n) is 10.7. The highest BCUT2D eigenvalue weighted by Crippen LogP contribution is 2.28. The molecule has 1 unspecified atom stereocenters. The van der Waals surface area contributed by atoms with Crippen molar-refractivity contribution in [3.63, 3.8) is 0 Å². The average Bonchev–Trinajstić information content (AvgIpc) is 3.33. The van der Waals surface area contributed by atoms with Crippen LogP contribution in [0.5, 0.6) is 0 Å². The molecule has 0 spiro atoms. The molecule has 1 atom stereocenters. The number of carbonyl (C=O) groups excluding carboxylic acids is 2. The van der Waals surface area contributed by atoms with Gasteiger partial charge in [0, 0.05) is 56.6 Å². The van der Waals surface area contributed by atoms with Crippen LogP contribution in [-0.2, 0) is 16.1 Å². The molecule has 3 heterocycles. The monoisotopic (exact) mass is 481 g/mol. The van der Waals surface area contributed by atoms with Crippen molar-refractivity contribution in [3.8, 4) is 0 Å². The normalized spacial score (nSPS) is 19.2. The minimum atomic E-state index is -0.480. The Morgan fingerprint density at radius 3 is 2.31 bits per heavy atom. The Hall–Kier alpha value is -3.00. The van der Waals surface area contributed by atoms with Crippen molar-refractivity contribution in [2.75, 3.05) is 56.1 Å². The van der Waals surface area contributed by atoms with E-state index in [1.807, 2.05) is 39.1 Å². The third kappa shape index (κ3) is 5.99. The molecule has 2 aliphatic heterocycles. The van der Waals surface area contributed by atoms with E-state index in [2.05, 4.69) is 21.8 Å². The number of rotatable bonds is 5. The highest BCUT2D eigenvalue weighted by molar-refractivity contribution is 5.96. The summed E-state index contributed by atoms with van der Waals surface area (Å²) in [6.07, 6.45) is 2.44. The van der Waals surface area contributed by atoms with E-state index in [1.165, 1.54) is 12.1 Å². The molecule has 4 rings (SSSR count). The molecule has 2 aliphatic rings. The molecule has 35 heavy (non-hydrogen) atoms. The van der Waals surface area contributed by atoms with Crippen LogP contribution < -0.4 is 9.80 Å². The maximum atomic E-state index is 13.7. The molecular weight excluding hydrogens is 445 g/mol. The predicted octanol–water partition coefficient (Wildman–Crippen LogP) is 3.40. The third-order valence-electron chi connectivity index (χ3n) is 6.85. The van der Waals surface area contributed by atoms with Gasteiger partial charge in [-0.3, -0.25) is 9.59 Å². The fourth-order valence-electron chi connectivity index (χ4n) is 4.67.